The third kappa shape index (κ3) is 5.36. The van der Waals surface area contributed by atoms with E-state index in [-0.39, 0.29) is 0 Å². The van der Waals surface area contributed by atoms with E-state index in [1.807, 2.05) is 30.1 Å². The first-order chi connectivity index (χ1) is 8.02. The van der Waals surface area contributed by atoms with E-state index in [4.69, 9.17) is 16.3 Å². The fourth-order valence-corrected chi connectivity index (χ4v) is 2.34. The van der Waals surface area contributed by atoms with Gasteiger partial charge < -0.3 is 9.84 Å². The van der Waals surface area contributed by atoms with Gasteiger partial charge >= 0.3 is 0 Å². The molecule has 0 spiro atoms. The second-order valence-corrected chi connectivity index (χ2v) is 5.36. The van der Waals surface area contributed by atoms with Crippen molar-refractivity contribution in [1.29, 1.82) is 0 Å². The quantitative estimate of drug-likeness (QED) is 0.873. The number of aliphatic hydroxyl groups is 1. The Morgan fingerprint density at radius 2 is 2.24 bits per heavy atom. The molecule has 0 fully saturated rings. The zero-order valence-electron chi connectivity index (χ0n) is 9.99. The molecule has 0 saturated heterocycles. The van der Waals surface area contributed by atoms with Crippen molar-refractivity contribution in [3.8, 4) is 0 Å². The minimum Gasteiger partial charge on any atom is -0.389 e. The molecule has 0 radical (unpaired) electrons. The third-order valence-corrected chi connectivity index (χ3v) is 3.18. The Morgan fingerprint density at radius 3 is 2.82 bits per heavy atom. The first kappa shape index (κ1) is 14.9. The van der Waals surface area contributed by atoms with Gasteiger partial charge in [-0.1, -0.05) is 33.6 Å². The number of benzene rings is 1. The third-order valence-electron chi connectivity index (χ3n) is 2.34. The number of methoxy groups -OCH3 is 1. The Bertz CT molecular complexity index is 362. The topological polar surface area (TPSA) is 32.7 Å². The van der Waals surface area contributed by atoms with E-state index >= 15 is 0 Å². The number of ether oxygens (including phenoxy) is 1. The Kier molecular flexibility index (Phi) is 6.44. The Morgan fingerprint density at radius 1 is 1.53 bits per heavy atom. The summed E-state index contributed by atoms with van der Waals surface area (Å²) in [7, 11) is 3.52. The number of rotatable bonds is 6. The van der Waals surface area contributed by atoms with Crippen molar-refractivity contribution >= 4 is 27.5 Å². The molecule has 17 heavy (non-hydrogen) atoms. The van der Waals surface area contributed by atoms with E-state index in [1.165, 1.54) is 0 Å². The molecule has 1 N–H and O–H groups in total. The number of hydrogen-bond donors (Lipinski definition) is 1. The van der Waals surface area contributed by atoms with Crippen molar-refractivity contribution in [2.75, 3.05) is 27.3 Å². The van der Waals surface area contributed by atoms with Crippen LogP contribution in [-0.4, -0.2) is 43.4 Å². The molecule has 0 amide bonds. The lowest BCUT2D eigenvalue weighted by Gasteiger charge is -2.20. The normalized spacial score (nSPS) is 13.1. The largest absolute Gasteiger partial charge is 0.389 e. The van der Waals surface area contributed by atoms with Crippen LogP contribution >= 0.6 is 27.5 Å². The van der Waals surface area contributed by atoms with Crippen LogP contribution in [0.15, 0.2) is 22.7 Å². The summed E-state index contributed by atoms with van der Waals surface area (Å²) in [6, 6.07) is 5.81. The van der Waals surface area contributed by atoms with Crippen molar-refractivity contribution in [3.05, 3.63) is 33.3 Å². The van der Waals surface area contributed by atoms with Gasteiger partial charge in [-0.05, 0) is 24.7 Å². The fourth-order valence-electron chi connectivity index (χ4n) is 1.61. The van der Waals surface area contributed by atoms with Crippen molar-refractivity contribution < 1.29 is 9.84 Å². The van der Waals surface area contributed by atoms with Gasteiger partial charge in [0.05, 0.1) is 12.7 Å². The molecule has 3 nitrogen and oxygen atoms in total. The molecule has 0 aliphatic carbocycles. The summed E-state index contributed by atoms with van der Waals surface area (Å²) in [4.78, 5) is 2.01. The number of nitrogens with zero attached hydrogens (tertiary/aromatic N) is 1. The predicted molar refractivity (Wildman–Crippen MR) is 73.4 cm³/mol. The molecule has 0 heterocycles. The minimum absolute atomic E-state index is 0.346. The highest BCUT2D eigenvalue weighted by Gasteiger charge is 2.10. The summed E-state index contributed by atoms with van der Waals surface area (Å²) in [5, 5.41) is 10.3. The lowest BCUT2D eigenvalue weighted by Crippen LogP contribution is -2.31. The predicted octanol–water partition coefficient (Wildman–Crippen LogP) is 2.54. The maximum atomic E-state index is 9.60. The lowest BCUT2D eigenvalue weighted by molar-refractivity contribution is 0.0419. The average molecular weight is 323 g/mol. The molecule has 0 aliphatic rings. The average Bonchev–Trinajstić information content (AvgIpc) is 2.22. The van der Waals surface area contributed by atoms with Gasteiger partial charge in [0, 0.05) is 29.7 Å². The first-order valence-electron chi connectivity index (χ1n) is 5.32. The molecule has 0 unspecified atom stereocenters. The van der Waals surface area contributed by atoms with Gasteiger partial charge in [0.1, 0.15) is 0 Å². The molecule has 0 bridgehead atoms. The van der Waals surface area contributed by atoms with Gasteiger partial charge in [-0.25, -0.2) is 0 Å². The molecule has 5 heteroatoms. The van der Waals surface area contributed by atoms with Crippen LogP contribution in [0.2, 0.25) is 5.02 Å². The monoisotopic (exact) mass is 321 g/mol. The van der Waals surface area contributed by atoms with Gasteiger partial charge in [-0.15, -0.1) is 0 Å². The van der Waals surface area contributed by atoms with Crippen molar-refractivity contribution in [3.63, 3.8) is 0 Å². The summed E-state index contributed by atoms with van der Waals surface area (Å²) >= 11 is 9.50. The molecule has 0 aliphatic heterocycles. The van der Waals surface area contributed by atoms with E-state index in [1.54, 1.807) is 7.11 Å². The van der Waals surface area contributed by atoms with Gasteiger partial charge in [-0.2, -0.15) is 0 Å². The molecule has 1 rings (SSSR count). The highest BCUT2D eigenvalue weighted by molar-refractivity contribution is 9.10. The van der Waals surface area contributed by atoms with Crippen LogP contribution in [0.1, 0.15) is 5.56 Å². The second kappa shape index (κ2) is 7.34. The van der Waals surface area contributed by atoms with Crippen LogP contribution in [0, 0.1) is 0 Å². The Balaban J connectivity index is 2.52. The SMILES string of the molecule is COC[C@H](O)CN(C)Cc1ccc(Br)cc1Cl. The van der Waals surface area contributed by atoms with Crippen LogP contribution in [-0.2, 0) is 11.3 Å². The fraction of sp³-hybridized carbons (Fsp3) is 0.500. The molecule has 1 atom stereocenters. The van der Waals surface area contributed by atoms with Crippen LogP contribution in [0.5, 0.6) is 0 Å². The number of halogens is 2. The number of likely N-dealkylation sites (N-methyl/N-ethyl adjacent to an activating group) is 1. The van der Waals surface area contributed by atoms with Gasteiger partial charge in [-0.3, -0.25) is 4.90 Å². The maximum Gasteiger partial charge on any atom is 0.0900 e. The van der Waals surface area contributed by atoms with E-state index in [9.17, 15) is 5.11 Å². The zero-order chi connectivity index (χ0) is 12.8. The number of aliphatic hydroxyl groups excluding tert-OH is 1. The van der Waals surface area contributed by atoms with E-state index in [0.717, 1.165) is 15.1 Å². The summed E-state index contributed by atoms with van der Waals surface area (Å²) in [5.41, 5.74) is 1.04. The van der Waals surface area contributed by atoms with Gasteiger partial charge in [0.15, 0.2) is 0 Å². The molecular weight excluding hydrogens is 305 g/mol. The summed E-state index contributed by atoms with van der Waals surface area (Å²) in [6.07, 6.45) is -0.473. The molecule has 0 saturated carbocycles. The van der Waals surface area contributed by atoms with Crippen LogP contribution in [0.25, 0.3) is 0 Å². The van der Waals surface area contributed by atoms with Gasteiger partial charge in [0.25, 0.3) is 0 Å². The standard InChI is InChI=1S/C12H17BrClNO2/c1-15(7-11(16)8-17-2)6-9-3-4-10(13)5-12(9)14/h3-5,11,16H,6-8H2,1-2H3/t11-/m1/s1. The molecule has 1 aromatic carbocycles. The molecule has 0 aromatic heterocycles. The van der Waals surface area contributed by atoms with E-state index in [2.05, 4.69) is 15.9 Å². The van der Waals surface area contributed by atoms with Crippen LogP contribution in [0.4, 0.5) is 0 Å². The zero-order valence-corrected chi connectivity index (χ0v) is 12.3. The molecule has 96 valence electrons. The van der Waals surface area contributed by atoms with Crippen molar-refractivity contribution in [2.24, 2.45) is 0 Å². The lowest BCUT2D eigenvalue weighted by atomic mass is 10.2. The summed E-state index contributed by atoms with van der Waals surface area (Å²) in [5.74, 6) is 0. The maximum absolute atomic E-state index is 9.60. The Hall–Kier alpha value is -0.130. The first-order valence-corrected chi connectivity index (χ1v) is 6.49. The summed E-state index contributed by atoms with van der Waals surface area (Å²) < 4.78 is 5.85. The van der Waals surface area contributed by atoms with Crippen LogP contribution in [0.3, 0.4) is 0 Å². The highest BCUT2D eigenvalue weighted by Crippen LogP contribution is 2.22. The highest BCUT2D eigenvalue weighted by atomic mass is 79.9. The van der Waals surface area contributed by atoms with Crippen molar-refractivity contribution in [2.45, 2.75) is 12.6 Å². The smallest absolute Gasteiger partial charge is 0.0900 e. The second-order valence-electron chi connectivity index (χ2n) is 4.04. The Labute approximate surface area is 115 Å². The minimum atomic E-state index is -0.473. The molecule has 1 aromatic rings. The van der Waals surface area contributed by atoms with E-state index in [0.29, 0.717) is 19.7 Å². The van der Waals surface area contributed by atoms with Gasteiger partial charge in [0.2, 0.25) is 0 Å². The van der Waals surface area contributed by atoms with Crippen LogP contribution < -0.4 is 0 Å². The summed E-state index contributed by atoms with van der Waals surface area (Å²) in [6.45, 7) is 1.60. The molecular formula is C12H17BrClNO2. The number of hydrogen-bond acceptors (Lipinski definition) is 3. The van der Waals surface area contributed by atoms with Crippen molar-refractivity contribution in [1.82, 2.24) is 4.90 Å². The van der Waals surface area contributed by atoms with E-state index < -0.39 is 6.10 Å².